The average molecular weight is 491 g/mol. The zero-order chi connectivity index (χ0) is 25.8. The van der Waals surface area contributed by atoms with Gasteiger partial charge in [-0.15, -0.1) is 0 Å². The van der Waals surface area contributed by atoms with E-state index in [1.54, 1.807) is 31.5 Å². The maximum Gasteiger partial charge on any atom is 0.229 e. The highest BCUT2D eigenvalue weighted by Crippen LogP contribution is 2.30. The minimum absolute atomic E-state index is 0.125. The SMILES string of the molecule is COc1ccc(NC(C)=O)cc1Nc1nccc(N2CCCCC2)n1.Cc1ccc(CNC=O)cc1. The van der Waals surface area contributed by atoms with E-state index in [2.05, 4.69) is 30.8 Å². The fourth-order valence-corrected chi connectivity index (χ4v) is 3.78. The van der Waals surface area contributed by atoms with Crippen LogP contribution in [0.4, 0.5) is 23.1 Å². The lowest BCUT2D eigenvalue weighted by molar-refractivity contribution is -0.114. The molecule has 3 aromatic rings. The molecule has 2 heterocycles. The molecule has 0 saturated carbocycles. The van der Waals surface area contributed by atoms with Crippen LogP contribution in [-0.2, 0) is 16.1 Å². The van der Waals surface area contributed by atoms with Crippen molar-refractivity contribution in [1.29, 1.82) is 0 Å². The number of benzene rings is 2. The summed E-state index contributed by atoms with van der Waals surface area (Å²) >= 11 is 0. The molecule has 1 aromatic heterocycles. The molecule has 1 saturated heterocycles. The second kappa shape index (κ2) is 13.7. The summed E-state index contributed by atoms with van der Waals surface area (Å²) < 4.78 is 5.38. The van der Waals surface area contributed by atoms with Crippen LogP contribution in [0.1, 0.15) is 37.3 Å². The molecule has 0 radical (unpaired) electrons. The number of nitrogens with one attached hydrogen (secondary N) is 3. The summed E-state index contributed by atoms with van der Waals surface area (Å²) in [4.78, 5) is 32.4. The Morgan fingerprint density at radius 2 is 1.83 bits per heavy atom. The summed E-state index contributed by atoms with van der Waals surface area (Å²) in [5.74, 6) is 1.95. The van der Waals surface area contributed by atoms with Crippen LogP contribution < -0.4 is 25.6 Å². The van der Waals surface area contributed by atoms with Gasteiger partial charge < -0.3 is 25.6 Å². The van der Waals surface area contributed by atoms with Crippen molar-refractivity contribution in [2.45, 2.75) is 39.7 Å². The molecule has 0 atom stereocenters. The van der Waals surface area contributed by atoms with Crippen molar-refractivity contribution in [2.24, 2.45) is 0 Å². The molecule has 36 heavy (non-hydrogen) atoms. The second-order valence-corrected chi connectivity index (χ2v) is 8.49. The van der Waals surface area contributed by atoms with E-state index in [0.29, 0.717) is 36.0 Å². The first-order chi connectivity index (χ1) is 17.5. The summed E-state index contributed by atoms with van der Waals surface area (Å²) in [5.41, 5.74) is 3.75. The van der Waals surface area contributed by atoms with Crippen molar-refractivity contribution in [2.75, 3.05) is 35.7 Å². The van der Waals surface area contributed by atoms with Gasteiger partial charge in [-0.05, 0) is 56.0 Å². The van der Waals surface area contributed by atoms with Crippen molar-refractivity contribution < 1.29 is 14.3 Å². The van der Waals surface area contributed by atoms with E-state index in [1.807, 2.05) is 37.3 Å². The zero-order valence-electron chi connectivity index (χ0n) is 21.1. The molecule has 9 nitrogen and oxygen atoms in total. The fourth-order valence-electron chi connectivity index (χ4n) is 3.78. The molecule has 1 aliphatic rings. The maximum absolute atomic E-state index is 11.3. The van der Waals surface area contributed by atoms with Crippen LogP contribution >= 0.6 is 0 Å². The largest absolute Gasteiger partial charge is 0.495 e. The predicted molar refractivity (Wildman–Crippen MR) is 143 cm³/mol. The van der Waals surface area contributed by atoms with Gasteiger partial charge in [0.25, 0.3) is 0 Å². The minimum Gasteiger partial charge on any atom is -0.495 e. The average Bonchev–Trinajstić information content (AvgIpc) is 2.89. The molecule has 1 aliphatic heterocycles. The number of hydrogen-bond acceptors (Lipinski definition) is 7. The van der Waals surface area contributed by atoms with Gasteiger partial charge in [-0.2, -0.15) is 4.98 Å². The maximum atomic E-state index is 11.3. The van der Waals surface area contributed by atoms with E-state index in [4.69, 9.17) is 4.74 Å². The monoisotopic (exact) mass is 490 g/mol. The quantitative estimate of drug-likeness (QED) is 0.401. The highest BCUT2D eigenvalue weighted by molar-refractivity contribution is 5.89. The molecule has 0 bridgehead atoms. The van der Waals surface area contributed by atoms with Crippen LogP contribution in [0.25, 0.3) is 0 Å². The first-order valence-corrected chi connectivity index (χ1v) is 12.0. The summed E-state index contributed by atoms with van der Waals surface area (Å²) in [6.07, 6.45) is 6.13. The smallest absolute Gasteiger partial charge is 0.229 e. The molecule has 9 heteroatoms. The number of carbonyl (C=O) groups excluding carboxylic acids is 2. The summed E-state index contributed by atoms with van der Waals surface area (Å²) in [7, 11) is 1.60. The normalized spacial score (nSPS) is 12.6. The van der Waals surface area contributed by atoms with Gasteiger partial charge >= 0.3 is 0 Å². The van der Waals surface area contributed by atoms with Crippen molar-refractivity contribution in [1.82, 2.24) is 15.3 Å². The number of nitrogens with zero attached hydrogens (tertiary/aromatic N) is 3. The topological polar surface area (TPSA) is 108 Å². The number of ether oxygens (including phenoxy) is 1. The van der Waals surface area contributed by atoms with Gasteiger partial charge in [-0.3, -0.25) is 9.59 Å². The lowest BCUT2D eigenvalue weighted by atomic mass is 10.1. The molecule has 4 rings (SSSR count). The third-order valence-electron chi connectivity index (χ3n) is 5.60. The second-order valence-electron chi connectivity index (χ2n) is 8.49. The Balaban J connectivity index is 0.000000275. The first-order valence-electron chi connectivity index (χ1n) is 12.0. The van der Waals surface area contributed by atoms with Crippen LogP contribution in [0.3, 0.4) is 0 Å². The molecular weight excluding hydrogens is 456 g/mol. The number of hydrogen-bond donors (Lipinski definition) is 3. The number of aryl methyl sites for hydroxylation is 1. The van der Waals surface area contributed by atoms with Gasteiger partial charge in [-0.1, -0.05) is 29.8 Å². The van der Waals surface area contributed by atoms with Crippen LogP contribution in [0.5, 0.6) is 5.75 Å². The number of amides is 2. The molecule has 0 spiro atoms. The van der Waals surface area contributed by atoms with Crippen LogP contribution in [0.2, 0.25) is 0 Å². The van der Waals surface area contributed by atoms with E-state index in [1.165, 1.54) is 31.7 Å². The summed E-state index contributed by atoms with van der Waals surface area (Å²) in [5, 5.41) is 8.56. The third kappa shape index (κ3) is 8.26. The highest BCUT2D eigenvalue weighted by atomic mass is 16.5. The van der Waals surface area contributed by atoms with Crippen LogP contribution in [0, 0.1) is 6.92 Å². The minimum atomic E-state index is -0.125. The number of carbonyl (C=O) groups is 2. The lowest BCUT2D eigenvalue weighted by Crippen LogP contribution is -2.30. The lowest BCUT2D eigenvalue weighted by Gasteiger charge is -2.27. The van der Waals surface area contributed by atoms with Crippen molar-refractivity contribution in [3.8, 4) is 5.75 Å². The molecule has 190 valence electrons. The molecule has 0 aliphatic carbocycles. The van der Waals surface area contributed by atoms with Gasteiger partial charge in [0.1, 0.15) is 11.6 Å². The van der Waals surface area contributed by atoms with Crippen molar-refractivity contribution in [3.05, 3.63) is 65.9 Å². The number of piperidine rings is 1. The molecule has 0 unspecified atom stereocenters. The predicted octanol–water partition coefficient (Wildman–Crippen LogP) is 4.42. The van der Waals surface area contributed by atoms with Crippen LogP contribution in [-0.4, -0.2) is 42.5 Å². The molecule has 2 amide bonds. The Morgan fingerprint density at radius 1 is 1.08 bits per heavy atom. The standard InChI is InChI=1S/C18H23N5O2.C9H11NO/c1-13(24)20-14-6-7-16(25-2)15(12-14)21-18-19-9-8-17(22-18)23-10-4-3-5-11-23;1-8-2-4-9(5-3-8)6-10-7-11/h6-9,12H,3-5,10-11H2,1-2H3,(H,20,24)(H,19,21,22);2-5,7H,6H2,1H3,(H,10,11). The van der Waals surface area contributed by atoms with E-state index < -0.39 is 0 Å². The summed E-state index contributed by atoms with van der Waals surface area (Å²) in [6.45, 7) is 6.18. The number of methoxy groups -OCH3 is 1. The Kier molecular flexibility index (Phi) is 10.1. The number of aromatic nitrogens is 2. The molecule has 3 N–H and O–H groups in total. The number of anilines is 4. The summed E-state index contributed by atoms with van der Waals surface area (Å²) in [6, 6.07) is 15.4. The van der Waals surface area contributed by atoms with Gasteiger partial charge in [0, 0.05) is 38.4 Å². The zero-order valence-corrected chi connectivity index (χ0v) is 21.1. The van der Waals surface area contributed by atoms with Gasteiger partial charge in [0.2, 0.25) is 18.3 Å². The van der Waals surface area contributed by atoms with E-state index in [9.17, 15) is 9.59 Å². The first kappa shape index (κ1) is 26.5. The Morgan fingerprint density at radius 3 is 2.50 bits per heavy atom. The Bertz CT molecular complexity index is 1130. The molecule has 2 aromatic carbocycles. The highest BCUT2D eigenvalue weighted by Gasteiger charge is 2.14. The van der Waals surface area contributed by atoms with Gasteiger partial charge in [0.15, 0.2) is 0 Å². The van der Waals surface area contributed by atoms with Gasteiger partial charge in [0.05, 0.1) is 12.8 Å². The molecule has 1 fully saturated rings. The van der Waals surface area contributed by atoms with Gasteiger partial charge in [-0.25, -0.2) is 4.98 Å². The third-order valence-corrected chi connectivity index (χ3v) is 5.60. The van der Waals surface area contributed by atoms with E-state index >= 15 is 0 Å². The van der Waals surface area contributed by atoms with E-state index in [0.717, 1.165) is 24.5 Å². The van der Waals surface area contributed by atoms with Crippen molar-refractivity contribution >= 4 is 35.5 Å². The molecular formula is C27H34N6O3. The number of rotatable bonds is 8. The van der Waals surface area contributed by atoms with E-state index in [-0.39, 0.29) is 5.91 Å². The van der Waals surface area contributed by atoms with Crippen LogP contribution in [0.15, 0.2) is 54.7 Å². The Hall–Kier alpha value is -4.14. The Labute approximate surface area is 212 Å². The fraction of sp³-hybridized carbons (Fsp3) is 0.333. The van der Waals surface area contributed by atoms with Crippen molar-refractivity contribution in [3.63, 3.8) is 0 Å².